The number of nitrogens with zero attached hydrogens (tertiary/aromatic N) is 1. The van der Waals surface area contributed by atoms with Gasteiger partial charge in [0.05, 0.1) is 27.2 Å². The number of unbranched alkanes of at least 4 members (excludes halogenated alkanes) is 14. The minimum Gasteiger partial charge on any atom is -0.477 e. The van der Waals surface area contributed by atoms with Gasteiger partial charge >= 0.3 is 5.97 Å². The van der Waals surface area contributed by atoms with E-state index in [2.05, 4.69) is 12.2 Å². The molecule has 0 aliphatic heterocycles. The molecule has 2 N–H and O–H groups in total. The fourth-order valence-corrected chi connectivity index (χ4v) is 4.38. The van der Waals surface area contributed by atoms with Crippen LogP contribution in [0, 0.1) is 0 Å². The van der Waals surface area contributed by atoms with E-state index >= 15 is 0 Å². The Bertz CT molecular complexity index is 460. The molecule has 0 aliphatic rings. The molecular weight excluding hydrogens is 388 g/mol. The summed E-state index contributed by atoms with van der Waals surface area (Å²) in [5.41, 5.74) is 0. The van der Waals surface area contributed by atoms with Gasteiger partial charge in [-0.05, 0) is 12.8 Å². The van der Waals surface area contributed by atoms with E-state index in [1.807, 2.05) is 28.1 Å². The van der Waals surface area contributed by atoms with Crippen LogP contribution >= 0.6 is 0 Å². The fourth-order valence-electron chi connectivity index (χ4n) is 4.38. The van der Waals surface area contributed by atoms with Crippen molar-refractivity contribution < 1.29 is 19.2 Å². The Balaban J connectivity index is 3.70. The predicted molar refractivity (Wildman–Crippen MR) is 131 cm³/mol. The number of rotatable bonds is 21. The highest BCUT2D eigenvalue weighted by Crippen LogP contribution is 2.15. The van der Waals surface area contributed by atoms with E-state index in [0.717, 1.165) is 12.8 Å². The van der Waals surface area contributed by atoms with Gasteiger partial charge in [0.1, 0.15) is 0 Å². The molecule has 0 bridgehead atoms. The molecule has 0 radical (unpaired) electrons. The predicted octanol–water partition coefficient (Wildman–Crippen LogP) is 6.30. The summed E-state index contributed by atoms with van der Waals surface area (Å²) in [6.07, 6.45) is 20.7. The van der Waals surface area contributed by atoms with Crippen LogP contribution in [0.5, 0.6) is 0 Å². The summed E-state index contributed by atoms with van der Waals surface area (Å²) in [5.74, 6) is -0.868. The van der Waals surface area contributed by atoms with Crippen molar-refractivity contribution in [1.82, 2.24) is 5.32 Å². The molecule has 31 heavy (non-hydrogen) atoms. The number of nitrogens with one attached hydrogen (secondary N) is 1. The highest BCUT2D eigenvalue weighted by Gasteiger charge is 2.39. The summed E-state index contributed by atoms with van der Waals surface area (Å²) in [6, 6.07) is -0.962. The van der Waals surface area contributed by atoms with E-state index in [1.54, 1.807) is 0 Å². The number of carboxylic acids is 1. The second-order valence-corrected chi connectivity index (χ2v) is 10.2. The van der Waals surface area contributed by atoms with Crippen molar-refractivity contribution in [3.05, 3.63) is 0 Å². The standard InChI is InChI=1S/C26H52N2O3/c1-6-8-9-10-11-12-13-14-15-16-17-18-19-20-21-22-24(29)27-23(7-2)25(26(30)31)28(3,4)5/h23,25H,6-22H2,1-5H3,(H-,27,29,30,31)/p+1. The molecule has 0 rings (SSSR count). The number of carbonyl (C=O) groups is 2. The lowest BCUT2D eigenvalue weighted by atomic mass is 10.0. The van der Waals surface area contributed by atoms with Gasteiger partial charge < -0.3 is 14.9 Å². The van der Waals surface area contributed by atoms with E-state index in [0.29, 0.717) is 17.3 Å². The van der Waals surface area contributed by atoms with Gasteiger partial charge in [-0.2, -0.15) is 0 Å². The Morgan fingerprint density at radius 1 is 0.710 bits per heavy atom. The average Bonchev–Trinajstić information content (AvgIpc) is 2.69. The third-order valence-corrected chi connectivity index (χ3v) is 6.26. The van der Waals surface area contributed by atoms with E-state index in [4.69, 9.17) is 0 Å². The van der Waals surface area contributed by atoms with Gasteiger partial charge in [-0.15, -0.1) is 0 Å². The Hall–Kier alpha value is -1.10. The van der Waals surface area contributed by atoms with E-state index in [1.165, 1.54) is 83.5 Å². The second-order valence-electron chi connectivity index (χ2n) is 10.2. The maximum atomic E-state index is 12.3. The molecule has 0 aliphatic carbocycles. The third-order valence-electron chi connectivity index (χ3n) is 6.26. The molecule has 184 valence electrons. The number of quaternary nitrogens is 1. The molecule has 1 amide bonds. The fraction of sp³-hybridized carbons (Fsp3) is 0.923. The Morgan fingerprint density at radius 2 is 1.10 bits per heavy atom. The van der Waals surface area contributed by atoms with Crippen LogP contribution < -0.4 is 5.32 Å². The summed E-state index contributed by atoms with van der Waals surface area (Å²) in [7, 11) is 5.59. The van der Waals surface area contributed by atoms with E-state index in [-0.39, 0.29) is 11.9 Å². The third kappa shape index (κ3) is 16.2. The zero-order valence-corrected chi connectivity index (χ0v) is 21.4. The van der Waals surface area contributed by atoms with Gasteiger partial charge in [-0.25, -0.2) is 4.79 Å². The summed E-state index contributed by atoms with van der Waals surface area (Å²) in [6.45, 7) is 4.20. The molecule has 0 spiro atoms. The van der Waals surface area contributed by atoms with Crippen LogP contribution in [0.4, 0.5) is 0 Å². The Labute approximate surface area is 192 Å². The Kier molecular flexibility index (Phi) is 17.8. The van der Waals surface area contributed by atoms with Gasteiger partial charge in [-0.3, -0.25) is 4.79 Å². The van der Waals surface area contributed by atoms with Crippen molar-refractivity contribution in [2.45, 2.75) is 135 Å². The molecule has 5 nitrogen and oxygen atoms in total. The minimum absolute atomic E-state index is 0.0127. The summed E-state index contributed by atoms with van der Waals surface area (Å²) in [5, 5.41) is 12.5. The molecule has 0 aromatic carbocycles. The molecule has 0 aromatic rings. The summed E-state index contributed by atoms with van der Waals surface area (Å²) < 4.78 is 0.299. The molecule has 2 atom stereocenters. The lowest BCUT2D eigenvalue weighted by molar-refractivity contribution is -0.888. The van der Waals surface area contributed by atoms with Gasteiger partial charge in [0.15, 0.2) is 0 Å². The number of carboxylic acid groups (broad SMARTS) is 1. The van der Waals surface area contributed by atoms with Gasteiger partial charge in [0.25, 0.3) is 0 Å². The van der Waals surface area contributed by atoms with Crippen molar-refractivity contribution >= 4 is 11.9 Å². The normalized spacial score (nSPS) is 13.7. The molecule has 0 aromatic heterocycles. The maximum absolute atomic E-state index is 12.3. The van der Waals surface area contributed by atoms with Gasteiger partial charge in [0, 0.05) is 6.42 Å². The molecule has 0 heterocycles. The maximum Gasteiger partial charge on any atom is 0.364 e. The molecule has 5 heteroatoms. The van der Waals surface area contributed by atoms with Crippen molar-refractivity contribution in [2.24, 2.45) is 0 Å². The van der Waals surface area contributed by atoms with Gasteiger partial charge in [-0.1, -0.05) is 104 Å². The number of likely N-dealkylation sites (N-methyl/N-ethyl adjacent to an activating group) is 1. The highest BCUT2D eigenvalue weighted by atomic mass is 16.4. The van der Waals surface area contributed by atoms with Crippen molar-refractivity contribution in [1.29, 1.82) is 0 Å². The highest BCUT2D eigenvalue weighted by molar-refractivity contribution is 5.78. The zero-order valence-electron chi connectivity index (χ0n) is 21.4. The monoisotopic (exact) mass is 441 g/mol. The average molecular weight is 442 g/mol. The zero-order chi connectivity index (χ0) is 23.5. The number of hydrogen-bond donors (Lipinski definition) is 2. The smallest absolute Gasteiger partial charge is 0.364 e. The second kappa shape index (κ2) is 18.5. The molecule has 0 saturated carbocycles. The van der Waals surface area contributed by atoms with E-state index < -0.39 is 12.0 Å². The summed E-state index contributed by atoms with van der Waals surface area (Å²) >= 11 is 0. The van der Waals surface area contributed by atoms with Crippen LogP contribution in [0.2, 0.25) is 0 Å². The van der Waals surface area contributed by atoms with Crippen LogP contribution in [0.25, 0.3) is 0 Å². The SMILES string of the molecule is CCCCCCCCCCCCCCCCCC(=O)NC(CC)C(C(=O)O)[N+](C)(C)C. The number of amides is 1. The molecular formula is C26H53N2O3+. The number of hydrogen-bond acceptors (Lipinski definition) is 2. The van der Waals surface area contributed by atoms with Crippen LogP contribution in [0.15, 0.2) is 0 Å². The molecule has 2 unspecified atom stereocenters. The molecule has 0 saturated heterocycles. The van der Waals surface area contributed by atoms with Crippen molar-refractivity contribution in [2.75, 3.05) is 21.1 Å². The van der Waals surface area contributed by atoms with Crippen LogP contribution in [0.3, 0.4) is 0 Å². The summed E-state index contributed by atoms with van der Waals surface area (Å²) in [4.78, 5) is 24.0. The van der Waals surface area contributed by atoms with Crippen LogP contribution in [0.1, 0.15) is 123 Å². The van der Waals surface area contributed by atoms with E-state index in [9.17, 15) is 14.7 Å². The van der Waals surface area contributed by atoms with Crippen molar-refractivity contribution in [3.63, 3.8) is 0 Å². The first-order chi connectivity index (χ1) is 14.7. The quantitative estimate of drug-likeness (QED) is 0.162. The van der Waals surface area contributed by atoms with Crippen molar-refractivity contribution in [3.8, 4) is 0 Å². The number of aliphatic carboxylic acids is 1. The largest absolute Gasteiger partial charge is 0.477 e. The first-order valence-electron chi connectivity index (χ1n) is 13.1. The lowest BCUT2D eigenvalue weighted by Gasteiger charge is -2.36. The lowest BCUT2D eigenvalue weighted by Crippen LogP contribution is -2.60. The molecule has 0 fully saturated rings. The van der Waals surface area contributed by atoms with Crippen LogP contribution in [-0.4, -0.2) is 54.7 Å². The number of carbonyl (C=O) groups excluding carboxylic acids is 1. The van der Waals surface area contributed by atoms with Crippen LogP contribution in [-0.2, 0) is 9.59 Å². The Morgan fingerprint density at radius 3 is 1.42 bits per heavy atom. The first kappa shape index (κ1) is 29.9. The topological polar surface area (TPSA) is 66.4 Å². The van der Waals surface area contributed by atoms with Gasteiger partial charge in [0.2, 0.25) is 11.9 Å². The minimum atomic E-state index is -0.855. The first-order valence-corrected chi connectivity index (χ1v) is 13.1.